The van der Waals surface area contributed by atoms with Crippen LogP contribution in [0.25, 0.3) is 0 Å². The van der Waals surface area contributed by atoms with Crippen LogP contribution in [0, 0.1) is 0 Å². The Balaban J connectivity index is 2.64. The molecule has 0 amide bonds. The molecule has 0 bridgehead atoms. The SMILES string of the molecule is CCS(=O)(=O)CCOc1ccc(Cl)cc1CCl. The highest BCUT2D eigenvalue weighted by Crippen LogP contribution is 2.24. The molecule has 0 N–H and O–H groups in total. The molecule has 3 nitrogen and oxygen atoms in total. The monoisotopic (exact) mass is 296 g/mol. The number of hydrogen-bond donors (Lipinski definition) is 0. The molecule has 0 radical (unpaired) electrons. The van der Waals surface area contributed by atoms with Crippen LogP contribution in [0.1, 0.15) is 12.5 Å². The fourth-order valence-electron chi connectivity index (χ4n) is 1.22. The molecule has 6 heteroatoms. The first-order valence-electron chi connectivity index (χ1n) is 5.16. The molecule has 0 heterocycles. The lowest BCUT2D eigenvalue weighted by Gasteiger charge is -2.10. The standard InChI is InChI=1S/C11H14Cl2O3S/c1-2-17(14,15)6-5-16-11-4-3-10(13)7-9(11)8-12/h3-4,7H,2,5-6,8H2,1H3. The summed E-state index contributed by atoms with van der Waals surface area (Å²) in [6, 6.07) is 5.08. The van der Waals surface area contributed by atoms with Gasteiger partial charge in [-0.3, -0.25) is 0 Å². The zero-order valence-electron chi connectivity index (χ0n) is 9.45. The van der Waals surface area contributed by atoms with Gasteiger partial charge in [-0.2, -0.15) is 0 Å². The summed E-state index contributed by atoms with van der Waals surface area (Å²) in [4.78, 5) is 0. The maximum Gasteiger partial charge on any atom is 0.153 e. The number of halogens is 2. The molecular formula is C11H14Cl2O3S. The van der Waals surface area contributed by atoms with Crippen molar-refractivity contribution in [2.75, 3.05) is 18.1 Å². The molecule has 0 unspecified atom stereocenters. The third kappa shape index (κ3) is 4.74. The lowest BCUT2D eigenvalue weighted by atomic mass is 10.2. The van der Waals surface area contributed by atoms with Crippen molar-refractivity contribution in [3.63, 3.8) is 0 Å². The molecular weight excluding hydrogens is 283 g/mol. The van der Waals surface area contributed by atoms with Crippen LogP contribution in [0.2, 0.25) is 5.02 Å². The highest BCUT2D eigenvalue weighted by molar-refractivity contribution is 7.91. The van der Waals surface area contributed by atoms with E-state index in [9.17, 15) is 8.42 Å². The Kier molecular flexibility index (Phi) is 5.56. The molecule has 0 spiro atoms. The van der Waals surface area contributed by atoms with Crippen molar-refractivity contribution in [1.29, 1.82) is 0 Å². The maximum atomic E-state index is 11.3. The van der Waals surface area contributed by atoms with Gasteiger partial charge in [0.1, 0.15) is 12.4 Å². The number of rotatable bonds is 6. The fourth-order valence-corrected chi connectivity index (χ4v) is 2.25. The van der Waals surface area contributed by atoms with Crippen LogP contribution in [0.15, 0.2) is 18.2 Å². The average Bonchev–Trinajstić information content (AvgIpc) is 2.30. The van der Waals surface area contributed by atoms with Gasteiger partial charge in [-0.05, 0) is 18.2 Å². The number of benzene rings is 1. The Morgan fingerprint density at radius 2 is 2.06 bits per heavy atom. The van der Waals surface area contributed by atoms with Crippen LogP contribution < -0.4 is 4.74 Å². The van der Waals surface area contributed by atoms with E-state index in [1.165, 1.54) is 0 Å². The second-order valence-corrected chi connectivity index (χ2v) is 6.65. The molecule has 0 aromatic heterocycles. The molecule has 1 aromatic rings. The van der Waals surface area contributed by atoms with Gasteiger partial charge in [0.15, 0.2) is 9.84 Å². The molecule has 1 rings (SSSR count). The van der Waals surface area contributed by atoms with Gasteiger partial charge in [0, 0.05) is 16.3 Å². The van der Waals surface area contributed by atoms with E-state index >= 15 is 0 Å². The van der Waals surface area contributed by atoms with Crippen LogP contribution in [0.4, 0.5) is 0 Å². The maximum absolute atomic E-state index is 11.3. The normalized spacial score (nSPS) is 11.5. The fraction of sp³-hybridized carbons (Fsp3) is 0.455. The molecule has 0 saturated heterocycles. The molecule has 0 atom stereocenters. The minimum absolute atomic E-state index is 0.00779. The van der Waals surface area contributed by atoms with Gasteiger partial charge >= 0.3 is 0 Å². The first-order chi connectivity index (χ1) is 7.98. The van der Waals surface area contributed by atoms with Crippen molar-refractivity contribution in [2.45, 2.75) is 12.8 Å². The first-order valence-corrected chi connectivity index (χ1v) is 7.89. The number of ether oxygens (including phenoxy) is 1. The second-order valence-electron chi connectivity index (χ2n) is 3.47. The molecule has 0 aliphatic rings. The van der Waals surface area contributed by atoms with Gasteiger partial charge in [0.2, 0.25) is 0 Å². The van der Waals surface area contributed by atoms with Gasteiger partial charge in [0.25, 0.3) is 0 Å². The Labute approximate surface area is 112 Å². The van der Waals surface area contributed by atoms with Crippen LogP contribution in [0.3, 0.4) is 0 Å². The number of sulfone groups is 1. The van der Waals surface area contributed by atoms with E-state index in [1.807, 2.05) is 0 Å². The first kappa shape index (κ1) is 14.6. The summed E-state index contributed by atoms with van der Waals surface area (Å²) in [6.07, 6.45) is 0. The van der Waals surface area contributed by atoms with Crippen molar-refractivity contribution in [3.8, 4) is 5.75 Å². The quantitative estimate of drug-likeness (QED) is 0.758. The van der Waals surface area contributed by atoms with Crippen LogP contribution >= 0.6 is 23.2 Å². The molecule has 0 aliphatic carbocycles. The minimum atomic E-state index is -3.00. The van der Waals surface area contributed by atoms with Gasteiger partial charge in [-0.15, -0.1) is 11.6 Å². The van der Waals surface area contributed by atoms with Crippen molar-refractivity contribution in [1.82, 2.24) is 0 Å². The van der Waals surface area contributed by atoms with Gasteiger partial charge < -0.3 is 4.74 Å². The molecule has 0 aliphatic heterocycles. The zero-order chi connectivity index (χ0) is 12.9. The van der Waals surface area contributed by atoms with Crippen LogP contribution in [-0.4, -0.2) is 26.5 Å². The van der Waals surface area contributed by atoms with Gasteiger partial charge in [0.05, 0.1) is 11.6 Å². The van der Waals surface area contributed by atoms with Gasteiger partial charge in [-0.25, -0.2) is 8.42 Å². The summed E-state index contributed by atoms with van der Waals surface area (Å²) in [6.45, 7) is 1.74. The summed E-state index contributed by atoms with van der Waals surface area (Å²) < 4.78 is 27.9. The van der Waals surface area contributed by atoms with E-state index in [0.717, 1.165) is 5.56 Å². The lowest BCUT2D eigenvalue weighted by Crippen LogP contribution is -2.15. The molecule has 17 heavy (non-hydrogen) atoms. The predicted molar refractivity (Wildman–Crippen MR) is 70.8 cm³/mol. The Morgan fingerprint density at radius 1 is 1.35 bits per heavy atom. The summed E-state index contributed by atoms with van der Waals surface area (Å²) in [5, 5.41) is 0.578. The number of hydrogen-bond acceptors (Lipinski definition) is 3. The smallest absolute Gasteiger partial charge is 0.153 e. The highest BCUT2D eigenvalue weighted by Gasteiger charge is 2.09. The van der Waals surface area contributed by atoms with E-state index < -0.39 is 9.84 Å². The largest absolute Gasteiger partial charge is 0.492 e. The van der Waals surface area contributed by atoms with Crippen LogP contribution in [-0.2, 0) is 15.7 Å². The summed E-state index contributed by atoms with van der Waals surface area (Å²) in [5.41, 5.74) is 0.757. The average molecular weight is 297 g/mol. The minimum Gasteiger partial charge on any atom is -0.492 e. The second kappa shape index (κ2) is 6.47. The molecule has 0 fully saturated rings. The van der Waals surface area contributed by atoms with Gasteiger partial charge in [-0.1, -0.05) is 18.5 Å². The molecule has 0 saturated carbocycles. The topological polar surface area (TPSA) is 43.4 Å². The Bertz CT molecular complexity index is 472. The summed E-state index contributed by atoms with van der Waals surface area (Å²) >= 11 is 11.6. The van der Waals surface area contributed by atoms with E-state index in [-0.39, 0.29) is 24.0 Å². The molecule has 96 valence electrons. The van der Waals surface area contributed by atoms with Crippen molar-refractivity contribution in [3.05, 3.63) is 28.8 Å². The third-order valence-corrected chi connectivity index (χ3v) is 4.45. The van der Waals surface area contributed by atoms with Crippen molar-refractivity contribution in [2.24, 2.45) is 0 Å². The number of alkyl halides is 1. The summed E-state index contributed by atoms with van der Waals surface area (Å²) in [5.74, 6) is 0.986. The summed E-state index contributed by atoms with van der Waals surface area (Å²) in [7, 11) is -3.00. The predicted octanol–water partition coefficient (Wildman–Crippen LogP) is 2.89. The van der Waals surface area contributed by atoms with E-state index in [4.69, 9.17) is 27.9 Å². The van der Waals surface area contributed by atoms with Crippen LogP contribution in [0.5, 0.6) is 5.75 Å². The Hall–Kier alpha value is -0.450. The zero-order valence-corrected chi connectivity index (χ0v) is 11.8. The van der Waals surface area contributed by atoms with E-state index in [1.54, 1.807) is 25.1 Å². The lowest BCUT2D eigenvalue weighted by molar-refractivity contribution is 0.338. The van der Waals surface area contributed by atoms with Crippen molar-refractivity contribution >= 4 is 33.0 Å². The highest BCUT2D eigenvalue weighted by atomic mass is 35.5. The van der Waals surface area contributed by atoms with Crippen molar-refractivity contribution < 1.29 is 13.2 Å². The van der Waals surface area contributed by atoms with E-state index in [2.05, 4.69) is 0 Å². The van der Waals surface area contributed by atoms with E-state index in [0.29, 0.717) is 10.8 Å². The third-order valence-electron chi connectivity index (χ3n) is 2.26. The molecule has 1 aromatic carbocycles. The Morgan fingerprint density at radius 3 is 2.65 bits per heavy atom.